The quantitative estimate of drug-likeness (QED) is 0.0582. The normalized spacial score (nSPS) is 21.6. The van der Waals surface area contributed by atoms with Crippen LogP contribution in [0.15, 0.2) is 62.7 Å². The Morgan fingerprint density at radius 2 is 1.64 bits per heavy atom. The molecule has 0 saturated carbocycles. The third-order valence-corrected chi connectivity index (χ3v) is 9.40. The minimum atomic E-state index is -2.42. The lowest BCUT2D eigenvalue weighted by Crippen LogP contribution is -2.59. The molecule has 0 bridgehead atoms. The average Bonchev–Trinajstić information content (AvgIpc) is 3.63. The second-order valence-corrected chi connectivity index (χ2v) is 13.3. The number of aliphatic hydroxyl groups is 2. The molecule has 14 heteroatoms. The minimum Gasteiger partial charge on any atom is -0.379 e. The molecule has 0 aliphatic carbocycles. The van der Waals surface area contributed by atoms with Gasteiger partial charge in [-0.15, -0.1) is 0 Å². The summed E-state index contributed by atoms with van der Waals surface area (Å²) in [6.07, 6.45) is 5.37. The van der Waals surface area contributed by atoms with Gasteiger partial charge >= 0.3 is 0 Å². The Labute approximate surface area is 277 Å². The number of aromatic amines is 2. The Morgan fingerprint density at radius 1 is 0.978 bits per heavy atom. The van der Waals surface area contributed by atoms with Gasteiger partial charge in [0, 0.05) is 69.2 Å². The number of benzene rings is 2. The van der Waals surface area contributed by atoms with Gasteiger partial charge in [0.2, 0.25) is 5.72 Å². The van der Waals surface area contributed by atoms with E-state index in [9.17, 15) is 19.8 Å². The molecule has 3 atom stereocenters. The fraction of sp³-hybridized carbons (Fsp3) is 0.387. The topological polar surface area (TPSA) is 212 Å². The maximum absolute atomic E-state index is 14.5. The van der Waals surface area contributed by atoms with Crippen LogP contribution in [0.1, 0.15) is 42.7 Å². The molecule has 2 aromatic heterocycles. The van der Waals surface area contributed by atoms with E-state index in [1.807, 2.05) is 36.4 Å². The van der Waals surface area contributed by atoms with Gasteiger partial charge in [0.05, 0.1) is 5.92 Å². The smallest absolute Gasteiger partial charge is 0.274 e. The van der Waals surface area contributed by atoms with E-state index in [1.165, 1.54) is 0 Å². The minimum absolute atomic E-state index is 0.0124. The van der Waals surface area contributed by atoms with Gasteiger partial charge in [-0.25, -0.2) is 0 Å². The summed E-state index contributed by atoms with van der Waals surface area (Å²) in [4.78, 5) is 40.1. The molecular weight excluding hydrogens is 708 g/mol. The Kier molecular flexibility index (Phi) is 9.89. The first kappa shape index (κ1) is 32.9. The summed E-state index contributed by atoms with van der Waals surface area (Å²) in [5.74, 6) is -2.87. The standard InChI is InChI=1S/C31H38Br2N8O4/c32-19-5-7-21-18(16-39-24(21)13-19)15-30(44)26(23-17-40-25-14-20(33)6-8-22(23)25)31(45,41(28(30)43)12-4-1-9-34)27(42)37-10-2-3-11-38-29(35)36/h5-8,13-14,16-17,26,39-40,44-45H,1-4,9-12,15,34H2,(H,37,42)(H4,35,36,38)/t26-,30-,31-/m1/s1. The van der Waals surface area contributed by atoms with Crippen molar-refractivity contribution in [2.45, 2.75) is 49.3 Å². The number of carbonyl (C=O) groups is 2. The summed E-state index contributed by atoms with van der Waals surface area (Å²) in [5, 5.41) is 29.6. The van der Waals surface area contributed by atoms with Crippen molar-refractivity contribution in [3.05, 3.63) is 68.9 Å². The van der Waals surface area contributed by atoms with Crippen LogP contribution < -0.4 is 22.5 Å². The van der Waals surface area contributed by atoms with Crippen LogP contribution in [-0.4, -0.2) is 80.4 Å². The summed E-state index contributed by atoms with van der Waals surface area (Å²) in [6, 6.07) is 11.2. The molecule has 4 aromatic rings. The molecule has 1 saturated heterocycles. The van der Waals surface area contributed by atoms with Gasteiger partial charge < -0.3 is 47.6 Å². The second kappa shape index (κ2) is 13.5. The van der Waals surface area contributed by atoms with Gasteiger partial charge in [0.25, 0.3) is 11.8 Å². The molecular formula is C31H38Br2N8O4. The number of hydrogen-bond acceptors (Lipinski definition) is 6. The fourth-order valence-corrected chi connectivity index (χ4v) is 7.05. The molecule has 3 heterocycles. The third-order valence-electron chi connectivity index (χ3n) is 8.42. The third kappa shape index (κ3) is 6.34. The van der Waals surface area contributed by atoms with E-state index in [0.717, 1.165) is 30.3 Å². The summed E-state index contributed by atoms with van der Waals surface area (Å²) in [7, 11) is 0. The molecule has 5 rings (SSSR count). The van der Waals surface area contributed by atoms with Gasteiger partial charge in [0.1, 0.15) is 0 Å². The summed E-state index contributed by atoms with van der Waals surface area (Å²) in [5.41, 5.74) is 14.6. The van der Waals surface area contributed by atoms with Crippen LogP contribution in [0.4, 0.5) is 0 Å². The maximum Gasteiger partial charge on any atom is 0.274 e. The van der Waals surface area contributed by atoms with Crippen LogP contribution in [0.2, 0.25) is 0 Å². The zero-order valence-corrected chi connectivity index (χ0v) is 27.8. The van der Waals surface area contributed by atoms with E-state index >= 15 is 0 Å². The molecule has 2 aromatic carbocycles. The first-order valence-corrected chi connectivity index (χ1v) is 16.4. The van der Waals surface area contributed by atoms with Crippen LogP contribution in [0.3, 0.4) is 0 Å². The largest absolute Gasteiger partial charge is 0.379 e. The number of hydrogen-bond donors (Lipinski definition) is 8. The van der Waals surface area contributed by atoms with E-state index in [1.54, 1.807) is 12.4 Å². The Morgan fingerprint density at radius 3 is 2.33 bits per heavy atom. The zero-order chi connectivity index (χ0) is 32.4. The molecule has 11 N–H and O–H groups in total. The van der Waals surface area contributed by atoms with Gasteiger partial charge in [-0.2, -0.15) is 0 Å². The summed E-state index contributed by atoms with van der Waals surface area (Å²) < 4.78 is 1.69. The van der Waals surface area contributed by atoms with E-state index in [4.69, 9.17) is 17.2 Å². The molecule has 1 aliphatic heterocycles. The molecule has 0 radical (unpaired) electrons. The number of carbonyl (C=O) groups excluding carboxylic acids is 2. The van der Waals surface area contributed by atoms with Crippen LogP contribution in [0, 0.1) is 0 Å². The van der Waals surface area contributed by atoms with E-state index in [0.29, 0.717) is 55.3 Å². The molecule has 12 nitrogen and oxygen atoms in total. The molecule has 2 amide bonds. The summed E-state index contributed by atoms with van der Waals surface area (Å²) >= 11 is 6.97. The number of fused-ring (bicyclic) bond motifs is 2. The first-order chi connectivity index (χ1) is 21.5. The van der Waals surface area contributed by atoms with Crippen molar-refractivity contribution < 1.29 is 19.8 Å². The van der Waals surface area contributed by atoms with Crippen molar-refractivity contribution in [1.82, 2.24) is 20.2 Å². The number of nitrogens with zero attached hydrogens (tertiary/aromatic N) is 2. The zero-order valence-electron chi connectivity index (χ0n) is 24.7. The number of H-pyrrole nitrogens is 2. The van der Waals surface area contributed by atoms with Crippen molar-refractivity contribution in [3.8, 4) is 0 Å². The van der Waals surface area contributed by atoms with E-state index in [2.05, 4.69) is 52.1 Å². The van der Waals surface area contributed by atoms with Gasteiger partial charge in [-0.1, -0.05) is 44.0 Å². The van der Waals surface area contributed by atoms with Crippen LogP contribution in [0.5, 0.6) is 0 Å². The van der Waals surface area contributed by atoms with E-state index in [-0.39, 0.29) is 25.5 Å². The fourth-order valence-electron chi connectivity index (χ4n) is 6.32. The van der Waals surface area contributed by atoms with Gasteiger partial charge in [0.15, 0.2) is 11.6 Å². The molecule has 0 unspecified atom stereocenters. The van der Waals surface area contributed by atoms with Crippen molar-refractivity contribution in [2.24, 2.45) is 22.2 Å². The molecule has 240 valence electrons. The highest BCUT2D eigenvalue weighted by Crippen LogP contribution is 2.51. The molecule has 1 fully saturated rings. The Balaban J connectivity index is 1.60. The van der Waals surface area contributed by atoms with Crippen molar-refractivity contribution in [3.63, 3.8) is 0 Å². The average molecular weight is 747 g/mol. The maximum atomic E-state index is 14.5. The molecule has 0 spiro atoms. The van der Waals surface area contributed by atoms with Crippen LogP contribution >= 0.6 is 31.9 Å². The number of rotatable bonds is 13. The predicted molar refractivity (Wildman–Crippen MR) is 181 cm³/mol. The van der Waals surface area contributed by atoms with Gasteiger partial charge in [-0.05, 0) is 67.6 Å². The highest BCUT2D eigenvalue weighted by atomic mass is 79.9. The van der Waals surface area contributed by atoms with Crippen LogP contribution in [0.25, 0.3) is 21.8 Å². The number of halogens is 2. The SMILES string of the molecule is NCCCCN1C(=O)[C@@](O)(Cc2c[nH]c3cc(Br)ccc23)[C@@H](c2c[nH]c3cc(Br)ccc23)[C@@]1(O)C(=O)NCCCCN=C(N)N. The number of unbranched alkanes of at least 4 members (excludes halogenated alkanes) is 2. The highest BCUT2D eigenvalue weighted by Gasteiger charge is 2.70. The number of nitrogens with one attached hydrogen (secondary N) is 3. The number of aromatic nitrogens is 2. The number of likely N-dealkylation sites (tertiary alicyclic amines) is 1. The van der Waals surface area contributed by atoms with Gasteiger partial charge in [-0.3, -0.25) is 14.6 Å². The number of guanidine groups is 1. The lowest BCUT2D eigenvalue weighted by Gasteiger charge is -2.37. The van der Waals surface area contributed by atoms with Crippen LogP contribution in [-0.2, 0) is 16.0 Å². The second-order valence-electron chi connectivity index (χ2n) is 11.4. The summed E-state index contributed by atoms with van der Waals surface area (Å²) in [6.45, 7) is 0.992. The van der Waals surface area contributed by atoms with Crippen molar-refractivity contribution in [2.75, 3.05) is 26.2 Å². The van der Waals surface area contributed by atoms with Crippen molar-refractivity contribution >= 4 is 71.4 Å². The lowest BCUT2D eigenvalue weighted by molar-refractivity contribution is -0.167. The molecule has 45 heavy (non-hydrogen) atoms. The Hall–Kier alpha value is -3.43. The van der Waals surface area contributed by atoms with Crippen molar-refractivity contribution in [1.29, 1.82) is 0 Å². The monoisotopic (exact) mass is 744 g/mol. The predicted octanol–water partition coefficient (Wildman–Crippen LogP) is 2.67. The lowest BCUT2D eigenvalue weighted by atomic mass is 9.75. The molecule has 1 aliphatic rings. The first-order valence-electron chi connectivity index (χ1n) is 14.8. The Bertz CT molecular complexity index is 1730. The number of amides is 2. The van der Waals surface area contributed by atoms with E-state index < -0.39 is 29.1 Å². The number of aliphatic imine (C=N–C) groups is 1. The number of nitrogens with two attached hydrogens (primary N) is 3. The highest BCUT2D eigenvalue weighted by molar-refractivity contribution is 9.10.